The van der Waals surface area contributed by atoms with E-state index in [9.17, 15) is 0 Å². The van der Waals surface area contributed by atoms with E-state index in [0.29, 0.717) is 26.3 Å². The van der Waals surface area contributed by atoms with Gasteiger partial charge in [-0.05, 0) is 18.6 Å². The molecule has 0 fully saturated rings. The van der Waals surface area contributed by atoms with Crippen LogP contribution in [0, 0.1) is 0 Å². The number of aliphatic hydroxyl groups is 1. The Balaban J connectivity index is 0.00000338. The first-order valence-electron chi connectivity index (χ1n) is 8.78. The Hall–Kier alpha value is -1.50. The Morgan fingerprint density at radius 3 is 2.30 bits per heavy atom. The van der Waals surface area contributed by atoms with E-state index >= 15 is 0 Å². The van der Waals surface area contributed by atoms with Crippen LogP contribution >= 0.6 is 0 Å². The molecular weight excluding hydrogens is 387 g/mol. The fourth-order valence-electron chi connectivity index (χ4n) is 2.47. The molecule has 0 spiro atoms. The van der Waals surface area contributed by atoms with Gasteiger partial charge in [0, 0.05) is 31.7 Å². The summed E-state index contributed by atoms with van der Waals surface area (Å²) >= 11 is 0. The molecule has 0 radical (unpaired) electrons. The molecule has 0 saturated heterocycles. The van der Waals surface area contributed by atoms with Gasteiger partial charge in [-0.3, -0.25) is 0 Å². The first-order chi connectivity index (χ1) is 12.3. The number of para-hydroxylation sites is 1. The first-order valence-corrected chi connectivity index (χ1v) is 8.78. The zero-order valence-corrected chi connectivity index (χ0v) is 17.1. The molecule has 2 aromatic rings. The van der Waals surface area contributed by atoms with E-state index in [4.69, 9.17) is 14.6 Å². The summed E-state index contributed by atoms with van der Waals surface area (Å²) < 4.78 is 11.8. The summed E-state index contributed by atoms with van der Waals surface area (Å²) in [7, 11) is 0. The average molecular weight is 415 g/mol. The molecule has 0 amide bonds. The van der Waals surface area contributed by atoms with Crippen molar-refractivity contribution in [3.8, 4) is 11.5 Å². The molecular formula is C20H28Cl2N2O3-2. The maximum Gasteiger partial charge on any atom is 0.166 e. The predicted octanol–water partition coefficient (Wildman–Crippen LogP) is -3.66. The molecule has 27 heavy (non-hydrogen) atoms. The molecule has 0 aromatic heterocycles. The minimum absolute atomic E-state index is 0. The van der Waals surface area contributed by atoms with Gasteiger partial charge in [0.1, 0.15) is 6.61 Å². The summed E-state index contributed by atoms with van der Waals surface area (Å²) in [5, 5.41) is 15.3. The number of benzene rings is 2. The van der Waals surface area contributed by atoms with Crippen molar-refractivity contribution >= 4 is 0 Å². The van der Waals surface area contributed by atoms with E-state index in [2.05, 4.69) is 16.7 Å². The molecule has 0 bridgehead atoms. The van der Waals surface area contributed by atoms with Crippen LogP contribution in [0.25, 0.3) is 0 Å². The highest BCUT2D eigenvalue weighted by Crippen LogP contribution is 2.32. The van der Waals surface area contributed by atoms with Gasteiger partial charge >= 0.3 is 0 Å². The maximum absolute atomic E-state index is 8.76. The Bertz CT molecular complexity index is 615. The summed E-state index contributed by atoms with van der Waals surface area (Å²) in [6.45, 7) is 6.19. The van der Waals surface area contributed by atoms with E-state index in [1.807, 2.05) is 49.4 Å². The van der Waals surface area contributed by atoms with Crippen LogP contribution in [0.15, 0.2) is 48.5 Å². The van der Waals surface area contributed by atoms with Gasteiger partial charge in [0.05, 0.1) is 13.2 Å². The molecule has 0 aliphatic heterocycles. The average Bonchev–Trinajstić information content (AvgIpc) is 2.65. The van der Waals surface area contributed by atoms with Crippen LogP contribution in [0.5, 0.6) is 11.5 Å². The highest BCUT2D eigenvalue weighted by atomic mass is 35.5. The minimum atomic E-state index is 0. The van der Waals surface area contributed by atoms with Crippen molar-refractivity contribution in [2.75, 3.05) is 32.8 Å². The van der Waals surface area contributed by atoms with Crippen LogP contribution in [-0.4, -0.2) is 38.0 Å². The van der Waals surface area contributed by atoms with Gasteiger partial charge in [-0.2, -0.15) is 0 Å². The van der Waals surface area contributed by atoms with Gasteiger partial charge in [-0.1, -0.05) is 42.5 Å². The lowest BCUT2D eigenvalue weighted by Crippen LogP contribution is -3.00. The van der Waals surface area contributed by atoms with Crippen LogP contribution in [0.4, 0.5) is 0 Å². The van der Waals surface area contributed by atoms with Crippen molar-refractivity contribution in [2.45, 2.75) is 20.1 Å². The second-order valence-corrected chi connectivity index (χ2v) is 5.60. The quantitative estimate of drug-likeness (QED) is 0.312. The lowest BCUT2D eigenvalue weighted by Gasteiger charge is -2.16. The third-order valence-electron chi connectivity index (χ3n) is 3.67. The van der Waals surface area contributed by atoms with Crippen LogP contribution in [0.1, 0.15) is 18.1 Å². The number of hydrogen-bond acceptors (Lipinski definition) is 5. The molecule has 0 unspecified atom stereocenters. The number of halogens is 2. The van der Waals surface area contributed by atoms with Crippen LogP contribution in [-0.2, 0) is 13.2 Å². The highest BCUT2D eigenvalue weighted by molar-refractivity contribution is 5.46. The van der Waals surface area contributed by atoms with Gasteiger partial charge in [0.2, 0.25) is 0 Å². The largest absolute Gasteiger partial charge is 1.00 e. The normalized spacial score (nSPS) is 9.85. The second kappa shape index (κ2) is 15.5. The Kier molecular flexibility index (Phi) is 14.7. The Morgan fingerprint density at radius 2 is 1.59 bits per heavy atom. The number of hydrogen-bond donors (Lipinski definition) is 3. The minimum Gasteiger partial charge on any atom is -1.00 e. The van der Waals surface area contributed by atoms with Gasteiger partial charge < -0.3 is 50.0 Å². The monoisotopic (exact) mass is 414 g/mol. The van der Waals surface area contributed by atoms with Crippen LogP contribution < -0.4 is 44.9 Å². The van der Waals surface area contributed by atoms with Gasteiger partial charge in [-0.15, -0.1) is 0 Å². The molecule has 2 rings (SSSR count). The number of rotatable bonds is 12. The summed E-state index contributed by atoms with van der Waals surface area (Å²) in [6.07, 6.45) is 0. The van der Waals surface area contributed by atoms with Gasteiger partial charge in [0.15, 0.2) is 11.5 Å². The topological polar surface area (TPSA) is 62.8 Å². The van der Waals surface area contributed by atoms with Crippen molar-refractivity contribution in [3.05, 3.63) is 59.7 Å². The third kappa shape index (κ3) is 9.31. The van der Waals surface area contributed by atoms with Gasteiger partial charge in [-0.25, -0.2) is 0 Å². The molecule has 5 nitrogen and oxygen atoms in total. The standard InChI is InChI=1S/C20H28N2O3.2ClH/c1-2-24-19-10-6-9-18(15-22-12-11-21-13-14-23)20(19)25-16-17-7-4-3-5-8-17;;/h3-10,21-23H,2,11-16H2,1H3;2*1H/p-2. The molecule has 152 valence electrons. The molecule has 2 aromatic carbocycles. The maximum atomic E-state index is 8.76. The molecule has 0 saturated carbocycles. The van der Waals surface area contributed by atoms with E-state index < -0.39 is 0 Å². The van der Waals surface area contributed by atoms with Crippen LogP contribution in [0.3, 0.4) is 0 Å². The van der Waals surface area contributed by atoms with E-state index in [-0.39, 0.29) is 31.4 Å². The summed E-state index contributed by atoms with van der Waals surface area (Å²) in [5.41, 5.74) is 2.20. The predicted molar refractivity (Wildman–Crippen MR) is 100 cm³/mol. The third-order valence-corrected chi connectivity index (χ3v) is 3.67. The number of nitrogens with one attached hydrogen (secondary N) is 2. The summed E-state index contributed by atoms with van der Waals surface area (Å²) in [6, 6.07) is 16.1. The summed E-state index contributed by atoms with van der Waals surface area (Å²) in [4.78, 5) is 0. The first kappa shape index (κ1) is 25.5. The Morgan fingerprint density at radius 1 is 0.852 bits per heavy atom. The number of ether oxygens (including phenoxy) is 2. The highest BCUT2D eigenvalue weighted by Gasteiger charge is 2.11. The van der Waals surface area contributed by atoms with Crippen molar-refractivity contribution in [3.63, 3.8) is 0 Å². The molecule has 3 N–H and O–H groups in total. The van der Waals surface area contributed by atoms with Crippen molar-refractivity contribution in [1.29, 1.82) is 0 Å². The zero-order valence-electron chi connectivity index (χ0n) is 15.6. The lowest BCUT2D eigenvalue weighted by molar-refractivity contribution is -0.00100. The molecule has 0 atom stereocenters. The van der Waals surface area contributed by atoms with Crippen molar-refractivity contribution < 1.29 is 39.4 Å². The SMILES string of the molecule is CCOc1cccc(CNCCNCCO)c1OCc1ccccc1.[Cl-].[Cl-]. The molecule has 7 heteroatoms. The molecule has 0 aliphatic rings. The fourth-order valence-corrected chi connectivity index (χ4v) is 2.47. The Labute approximate surface area is 174 Å². The molecule has 0 heterocycles. The zero-order chi connectivity index (χ0) is 17.7. The number of aliphatic hydroxyl groups excluding tert-OH is 1. The van der Waals surface area contributed by atoms with E-state index in [1.54, 1.807) is 0 Å². The fraction of sp³-hybridized carbons (Fsp3) is 0.400. The second-order valence-electron chi connectivity index (χ2n) is 5.60. The summed E-state index contributed by atoms with van der Waals surface area (Å²) in [5.74, 6) is 1.57. The smallest absolute Gasteiger partial charge is 0.166 e. The molecule has 0 aliphatic carbocycles. The van der Waals surface area contributed by atoms with E-state index in [0.717, 1.165) is 35.7 Å². The van der Waals surface area contributed by atoms with E-state index in [1.165, 1.54) is 0 Å². The lowest BCUT2D eigenvalue weighted by atomic mass is 10.1. The van der Waals surface area contributed by atoms with Gasteiger partial charge in [0.25, 0.3) is 0 Å². The van der Waals surface area contributed by atoms with Crippen molar-refractivity contribution in [1.82, 2.24) is 10.6 Å². The van der Waals surface area contributed by atoms with Crippen molar-refractivity contribution in [2.24, 2.45) is 0 Å². The van der Waals surface area contributed by atoms with Crippen LogP contribution in [0.2, 0.25) is 0 Å².